The fourth-order valence-electron chi connectivity index (χ4n) is 1.45. The number of carbonyl (C=O) groups is 1. The molecule has 0 unspecified atom stereocenters. The Hall–Kier alpha value is -2.13. The lowest BCUT2D eigenvalue weighted by Gasteiger charge is -1.98. The molecule has 2 aromatic carbocycles. The number of benzene rings is 2. The molecule has 0 aromatic heterocycles. The van der Waals surface area contributed by atoms with Crippen LogP contribution in [0.3, 0.4) is 0 Å². The third-order valence-electron chi connectivity index (χ3n) is 2.45. The fourth-order valence-corrected chi connectivity index (χ4v) is 1.45. The minimum atomic E-state index is -0.495. The van der Waals surface area contributed by atoms with E-state index in [1.165, 1.54) is 18.2 Å². The molecule has 0 aliphatic heterocycles. The molecule has 2 rings (SSSR count). The van der Waals surface area contributed by atoms with E-state index in [4.69, 9.17) is 5.73 Å². The summed E-state index contributed by atoms with van der Waals surface area (Å²) in [5, 5.41) is 0. The largest absolute Gasteiger partial charge is 0.468 e. The first-order valence-corrected chi connectivity index (χ1v) is 6.09. The van der Waals surface area contributed by atoms with Crippen LogP contribution < -0.4 is 5.73 Å². The van der Waals surface area contributed by atoms with Gasteiger partial charge in [0.15, 0.2) is 0 Å². The highest BCUT2D eigenvalue weighted by Gasteiger charge is 2.03. The fraction of sp³-hybridized carbons (Fsp3) is 0.188. The van der Waals surface area contributed by atoms with Crippen LogP contribution in [-0.2, 0) is 9.53 Å². The Labute approximate surface area is 114 Å². The predicted octanol–water partition coefficient (Wildman–Crippen LogP) is 2.86. The topological polar surface area (TPSA) is 52.3 Å². The van der Waals surface area contributed by atoms with Gasteiger partial charge in [-0.15, -0.1) is 0 Å². The minimum absolute atomic E-state index is 0.375. The number of methoxy groups -OCH3 is 1. The molecular weight excluding hydrogens is 238 g/mol. The molecule has 19 heavy (non-hydrogen) atoms. The van der Waals surface area contributed by atoms with Crippen molar-refractivity contribution in [1.82, 2.24) is 0 Å². The Morgan fingerprint density at radius 1 is 0.947 bits per heavy atom. The van der Waals surface area contributed by atoms with Crippen LogP contribution in [0.25, 0.3) is 11.1 Å². The summed E-state index contributed by atoms with van der Waals surface area (Å²) < 4.78 is 4.25. The number of carbonyl (C=O) groups excluding carboxylic acids is 1. The molecule has 0 aliphatic carbocycles. The minimum Gasteiger partial charge on any atom is -0.468 e. The molecule has 1 atom stereocenters. The van der Waals surface area contributed by atoms with Gasteiger partial charge in [-0.3, -0.25) is 4.79 Å². The van der Waals surface area contributed by atoms with Gasteiger partial charge in [-0.1, -0.05) is 60.7 Å². The maximum absolute atomic E-state index is 10.2. The number of rotatable bonds is 2. The van der Waals surface area contributed by atoms with Crippen LogP contribution >= 0.6 is 0 Å². The molecule has 0 amide bonds. The first kappa shape index (κ1) is 14.9. The summed E-state index contributed by atoms with van der Waals surface area (Å²) >= 11 is 0. The highest BCUT2D eigenvalue weighted by Crippen LogP contribution is 2.17. The van der Waals surface area contributed by atoms with Gasteiger partial charge >= 0.3 is 5.97 Å². The third kappa shape index (κ3) is 5.36. The van der Waals surface area contributed by atoms with Crippen molar-refractivity contribution < 1.29 is 9.53 Å². The standard InChI is InChI=1S/C12H10.C4H9NO2/c1-3-7-11(8-4-1)12-9-5-2-6-10-12;1-3(5)4(6)7-2/h1-10H;3H,5H2,1-2H3/t;3-/m.0/s1. The second-order valence-electron chi connectivity index (χ2n) is 4.04. The highest BCUT2D eigenvalue weighted by molar-refractivity contribution is 5.74. The lowest BCUT2D eigenvalue weighted by Crippen LogP contribution is -2.27. The SMILES string of the molecule is COC(=O)[C@H](C)N.c1ccc(-c2ccccc2)cc1. The maximum atomic E-state index is 10.2. The van der Waals surface area contributed by atoms with Crippen molar-refractivity contribution in [3.8, 4) is 11.1 Å². The van der Waals surface area contributed by atoms with Crippen molar-refractivity contribution in [3.63, 3.8) is 0 Å². The smallest absolute Gasteiger partial charge is 0.322 e. The van der Waals surface area contributed by atoms with Gasteiger partial charge in [0.1, 0.15) is 6.04 Å². The van der Waals surface area contributed by atoms with Crippen molar-refractivity contribution >= 4 is 5.97 Å². The maximum Gasteiger partial charge on any atom is 0.322 e. The summed E-state index contributed by atoms with van der Waals surface area (Å²) in [4.78, 5) is 10.2. The Morgan fingerprint density at radius 2 is 1.32 bits per heavy atom. The van der Waals surface area contributed by atoms with Gasteiger partial charge in [0.05, 0.1) is 7.11 Å². The van der Waals surface area contributed by atoms with E-state index in [0.717, 1.165) is 0 Å². The van der Waals surface area contributed by atoms with Gasteiger partial charge in [-0.05, 0) is 18.1 Å². The Morgan fingerprint density at radius 3 is 1.53 bits per heavy atom. The normalized spacial score (nSPS) is 10.9. The zero-order valence-corrected chi connectivity index (χ0v) is 11.2. The van der Waals surface area contributed by atoms with Crippen LogP contribution in [0, 0.1) is 0 Å². The number of hydrogen-bond acceptors (Lipinski definition) is 3. The molecular formula is C16H19NO2. The molecule has 2 aromatic rings. The molecule has 0 saturated carbocycles. The number of nitrogens with two attached hydrogens (primary N) is 1. The lowest BCUT2D eigenvalue weighted by molar-refractivity contribution is -0.141. The quantitative estimate of drug-likeness (QED) is 0.842. The molecule has 2 N–H and O–H groups in total. The molecule has 0 spiro atoms. The van der Waals surface area contributed by atoms with E-state index in [1.54, 1.807) is 6.92 Å². The van der Waals surface area contributed by atoms with Crippen LogP contribution in [-0.4, -0.2) is 19.1 Å². The summed E-state index contributed by atoms with van der Waals surface area (Å²) in [5.41, 5.74) is 7.62. The Balaban J connectivity index is 0.000000224. The van der Waals surface area contributed by atoms with Crippen molar-refractivity contribution in [2.45, 2.75) is 13.0 Å². The van der Waals surface area contributed by atoms with Crippen LogP contribution in [0.4, 0.5) is 0 Å². The molecule has 0 bridgehead atoms. The molecule has 0 radical (unpaired) electrons. The van der Waals surface area contributed by atoms with Crippen LogP contribution in [0.2, 0.25) is 0 Å². The lowest BCUT2D eigenvalue weighted by atomic mass is 10.1. The summed E-state index contributed by atoms with van der Waals surface area (Å²) in [6.07, 6.45) is 0. The van der Waals surface area contributed by atoms with E-state index in [9.17, 15) is 4.79 Å². The predicted molar refractivity (Wildman–Crippen MR) is 77.5 cm³/mol. The molecule has 3 heteroatoms. The summed E-state index contributed by atoms with van der Waals surface area (Å²) in [7, 11) is 1.31. The van der Waals surface area contributed by atoms with E-state index in [0.29, 0.717) is 0 Å². The van der Waals surface area contributed by atoms with Crippen molar-refractivity contribution in [2.75, 3.05) is 7.11 Å². The number of hydrogen-bond donors (Lipinski definition) is 1. The van der Waals surface area contributed by atoms with Crippen LogP contribution in [0.1, 0.15) is 6.92 Å². The van der Waals surface area contributed by atoms with Gasteiger partial charge in [0.25, 0.3) is 0 Å². The van der Waals surface area contributed by atoms with Gasteiger partial charge < -0.3 is 10.5 Å². The summed E-state index contributed by atoms with van der Waals surface area (Å²) in [5.74, 6) is -0.375. The molecule has 0 aliphatic rings. The summed E-state index contributed by atoms with van der Waals surface area (Å²) in [6, 6.07) is 20.3. The van der Waals surface area contributed by atoms with E-state index in [-0.39, 0.29) is 5.97 Å². The van der Waals surface area contributed by atoms with Crippen LogP contribution in [0.5, 0.6) is 0 Å². The molecule has 0 heterocycles. The highest BCUT2D eigenvalue weighted by atomic mass is 16.5. The van der Waals surface area contributed by atoms with E-state index in [2.05, 4.69) is 53.3 Å². The van der Waals surface area contributed by atoms with Gasteiger partial charge in [0, 0.05) is 0 Å². The molecule has 0 saturated heterocycles. The Bertz CT molecular complexity index is 443. The van der Waals surface area contributed by atoms with Crippen molar-refractivity contribution in [3.05, 3.63) is 60.7 Å². The van der Waals surface area contributed by atoms with Gasteiger partial charge in [0.2, 0.25) is 0 Å². The average Bonchev–Trinajstić information content (AvgIpc) is 2.49. The zero-order valence-electron chi connectivity index (χ0n) is 11.2. The third-order valence-corrected chi connectivity index (χ3v) is 2.45. The van der Waals surface area contributed by atoms with Gasteiger partial charge in [-0.2, -0.15) is 0 Å². The van der Waals surface area contributed by atoms with Crippen LogP contribution in [0.15, 0.2) is 60.7 Å². The molecule has 100 valence electrons. The van der Waals surface area contributed by atoms with E-state index in [1.807, 2.05) is 12.1 Å². The number of esters is 1. The zero-order chi connectivity index (χ0) is 14.1. The average molecular weight is 257 g/mol. The Kier molecular flexibility index (Phi) is 6.33. The monoisotopic (exact) mass is 257 g/mol. The van der Waals surface area contributed by atoms with E-state index < -0.39 is 6.04 Å². The first-order valence-electron chi connectivity index (χ1n) is 6.09. The molecule has 0 fully saturated rings. The molecule has 3 nitrogen and oxygen atoms in total. The first-order chi connectivity index (χ1) is 9.15. The second kappa shape index (κ2) is 8.06. The number of ether oxygens (including phenoxy) is 1. The van der Waals surface area contributed by atoms with Crippen molar-refractivity contribution in [1.29, 1.82) is 0 Å². The summed E-state index contributed by atoms with van der Waals surface area (Å²) in [6.45, 7) is 1.58. The van der Waals surface area contributed by atoms with Gasteiger partial charge in [-0.25, -0.2) is 0 Å². The second-order valence-corrected chi connectivity index (χ2v) is 4.04. The van der Waals surface area contributed by atoms with Crippen molar-refractivity contribution in [2.24, 2.45) is 5.73 Å². The van der Waals surface area contributed by atoms with E-state index >= 15 is 0 Å².